The first-order valence-electron chi connectivity index (χ1n) is 8.48. The lowest BCUT2D eigenvalue weighted by atomic mass is 10.1. The van der Waals surface area contributed by atoms with Crippen molar-refractivity contribution >= 4 is 32.5 Å². The zero-order valence-electron chi connectivity index (χ0n) is 15.8. The summed E-state index contributed by atoms with van der Waals surface area (Å²) in [6.07, 6.45) is 1.72. The molecule has 0 aliphatic heterocycles. The van der Waals surface area contributed by atoms with Crippen LogP contribution in [0.2, 0.25) is 0 Å². The van der Waals surface area contributed by atoms with E-state index < -0.39 is 10.2 Å². The van der Waals surface area contributed by atoms with Crippen molar-refractivity contribution in [2.45, 2.75) is 13.0 Å². The van der Waals surface area contributed by atoms with Gasteiger partial charge in [0.15, 0.2) is 11.5 Å². The molecule has 0 radical (unpaired) electrons. The first kappa shape index (κ1) is 19.7. The molecule has 3 aromatic rings. The van der Waals surface area contributed by atoms with Gasteiger partial charge in [0, 0.05) is 35.1 Å². The molecular weight excluding hydrogens is 380 g/mol. The third-order valence-corrected chi connectivity index (χ3v) is 4.81. The first-order chi connectivity index (χ1) is 13.3. The Hall–Kier alpha value is -3.04. The Morgan fingerprint density at radius 3 is 2.29 bits per heavy atom. The maximum atomic E-state index is 11.1. The second-order valence-electron chi connectivity index (χ2n) is 6.22. The summed E-state index contributed by atoms with van der Waals surface area (Å²) in [7, 11) is -0.614. The average molecular weight is 402 g/mol. The number of nitrogens with one attached hydrogen (secondary N) is 2. The van der Waals surface area contributed by atoms with E-state index in [1.54, 1.807) is 32.5 Å². The van der Waals surface area contributed by atoms with Gasteiger partial charge in [-0.2, -0.15) is 8.42 Å². The fourth-order valence-corrected chi connectivity index (χ4v) is 3.38. The van der Waals surface area contributed by atoms with Crippen molar-refractivity contribution in [3.8, 4) is 11.5 Å². The van der Waals surface area contributed by atoms with Crippen molar-refractivity contribution in [3.05, 3.63) is 54.2 Å². The van der Waals surface area contributed by atoms with E-state index in [4.69, 9.17) is 14.6 Å². The molecule has 0 saturated heterocycles. The monoisotopic (exact) mass is 402 g/mol. The predicted molar refractivity (Wildman–Crippen MR) is 110 cm³/mol. The summed E-state index contributed by atoms with van der Waals surface area (Å²) in [6.45, 7) is 2.01. The molecule has 1 aromatic heterocycles. The van der Waals surface area contributed by atoms with Gasteiger partial charge >= 0.3 is 0 Å². The van der Waals surface area contributed by atoms with E-state index in [1.807, 2.05) is 37.3 Å². The highest BCUT2D eigenvalue weighted by Crippen LogP contribution is 2.35. The van der Waals surface area contributed by atoms with Crippen molar-refractivity contribution in [1.29, 1.82) is 0 Å². The topological polar surface area (TPSA) is 116 Å². The predicted octanol–water partition coefficient (Wildman–Crippen LogP) is 3.04. The Labute approximate surface area is 163 Å². The zero-order valence-corrected chi connectivity index (χ0v) is 16.6. The summed E-state index contributed by atoms with van der Waals surface area (Å²) in [4.78, 5) is 4.40. The molecule has 0 aliphatic rings. The lowest BCUT2D eigenvalue weighted by Gasteiger charge is -2.18. The number of nitrogens with zero attached hydrogens (tertiary/aromatic N) is 1. The third-order valence-electron chi connectivity index (χ3n) is 4.29. The molecule has 0 aliphatic carbocycles. The maximum Gasteiger partial charge on any atom is 0.296 e. The summed E-state index contributed by atoms with van der Waals surface area (Å²) in [5.41, 5.74) is 3.06. The lowest BCUT2D eigenvalue weighted by molar-refractivity contribution is 0.356. The summed E-state index contributed by atoms with van der Waals surface area (Å²) in [5.74, 6) is 1.24. The van der Waals surface area contributed by atoms with Crippen LogP contribution in [-0.4, -0.2) is 27.6 Å². The van der Waals surface area contributed by atoms with Crippen molar-refractivity contribution in [3.63, 3.8) is 0 Å². The van der Waals surface area contributed by atoms with Gasteiger partial charge in [0.1, 0.15) is 0 Å². The molecule has 1 unspecified atom stereocenters. The highest BCUT2D eigenvalue weighted by molar-refractivity contribution is 7.90. The molecule has 1 atom stereocenters. The minimum absolute atomic E-state index is 0.0396. The van der Waals surface area contributed by atoms with Gasteiger partial charge < -0.3 is 14.8 Å². The number of rotatable bonds is 7. The summed E-state index contributed by atoms with van der Waals surface area (Å²) in [5, 5.41) is 9.35. The number of methoxy groups -OCH3 is 2. The van der Waals surface area contributed by atoms with Crippen LogP contribution in [0.4, 0.5) is 11.4 Å². The molecule has 0 spiro atoms. The van der Waals surface area contributed by atoms with Gasteiger partial charge in [-0.05, 0) is 36.8 Å². The molecule has 0 saturated carbocycles. The number of pyridine rings is 1. The van der Waals surface area contributed by atoms with E-state index in [0.717, 1.165) is 22.2 Å². The standard InChI is InChI=1S/C19H22N4O4S/c1-12(13-4-6-14(7-5-13)23-28(20,24)25)22-16-8-9-21-17-11-19(27-3)18(26-2)10-15(16)17/h4-12,23H,1-3H3,(H,21,22)(H2,20,24,25). The van der Waals surface area contributed by atoms with Crippen LogP contribution in [0.5, 0.6) is 11.5 Å². The fraction of sp³-hybridized carbons (Fsp3) is 0.211. The normalized spacial score (nSPS) is 12.4. The van der Waals surface area contributed by atoms with Crippen LogP contribution in [0.1, 0.15) is 18.5 Å². The van der Waals surface area contributed by atoms with Gasteiger partial charge in [0.05, 0.1) is 19.7 Å². The summed E-state index contributed by atoms with van der Waals surface area (Å²) < 4.78 is 35.2. The highest BCUT2D eigenvalue weighted by Gasteiger charge is 2.12. The maximum absolute atomic E-state index is 11.1. The van der Waals surface area contributed by atoms with E-state index in [-0.39, 0.29) is 6.04 Å². The zero-order chi connectivity index (χ0) is 20.3. The van der Waals surface area contributed by atoms with Gasteiger partial charge in [-0.1, -0.05) is 12.1 Å². The van der Waals surface area contributed by atoms with Crippen LogP contribution in [0.15, 0.2) is 48.7 Å². The van der Waals surface area contributed by atoms with Crippen LogP contribution < -0.4 is 24.7 Å². The third kappa shape index (κ3) is 4.44. The molecule has 4 N–H and O–H groups in total. The molecule has 9 heteroatoms. The van der Waals surface area contributed by atoms with Gasteiger partial charge in [-0.3, -0.25) is 9.71 Å². The second-order valence-corrected chi connectivity index (χ2v) is 7.51. The van der Waals surface area contributed by atoms with Gasteiger partial charge in [0.2, 0.25) is 0 Å². The molecule has 0 amide bonds. The van der Waals surface area contributed by atoms with Crippen molar-refractivity contribution in [2.24, 2.45) is 5.14 Å². The van der Waals surface area contributed by atoms with Gasteiger partial charge in [-0.25, -0.2) is 5.14 Å². The Bertz CT molecular complexity index is 1090. The molecule has 0 bridgehead atoms. The number of aromatic nitrogens is 1. The number of benzene rings is 2. The van der Waals surface area contributed by atoms with Crippen LogP contribution in [-0.2, 0) is 10.2 Å². The number of nitrogens with two attached hydrogens (primary N) is 1. The SMILES string of the molecule is COc1cc2nccc(NC(C)c3ccc(NS(N)(=O)=O)cc3)c2cc1OC. The van der Waals surface area contributed by atoms with E-state index >= 15 is 0 Å². The Kier molecular flexibility index (Phi) is 5.57. The number of hydrogen-bond donors (Lipinski definition) is 3. The van der Waals surface area contributed by atoms with E-state index in [2.05, 4.69) is 15.0 Å². The quantitative estimate of drug-likeness (QED) is 0.559. The van der Waals surface area contributed by atoms with Gasteiger partial charge in [0.25, 0.3) is 10.2 Å². The van der Waals surface area contributed by atoms with Crippen molar-refractivity contribution in [1.82, 2.24) is 4.98 Å². The number of fused-ring (bicyclic) bond motifs is 1. The molecule has 2 aromatic carbocycles. The highest BCUT2D eigenvalue weighted by atomic mass is 32.2. The largest absolute Gasteiger partial charge is 0.493 e. The molecule has 0 fully saturated rings. The van der Waals surface area contributed by atoms with Crippen molar-refractivity contribution in [2.75, 3.05) is 24.3 Å². The number of anilines is 2. The number of ether oxygens (including phenoxy) is 2. The molecule has 28 heavy (non-hydrogen) atoms. The molecule has 8 nitrogen and oxygen atoms in total. The molecule has 3 rings (SSSR count). The second kappa shape index (κ2) is 7.91. The van der Waals surface area contributed by atoms with Gasteiger partial charge in [-0.15, -0.1) is 0 Å². The molecular formula is C19H22N4O4S. The Morgan fingerprint density at radius 2 is 1.68 bits per heavy atom. The first-order valence-corrected chi connectivity index (χ1v) is 10.0. The fourth-order valence-electron chi connectivity index (χ4n) is 2.92. The van der Waals surface area contributed by atoms with E-state index in [9.17, 15) is 8.42 Å². The Balaban J connectivity index is 1.87. The van der Waals surface area contributed by atoms with Crippen molar-refractivity contribution < 1.29 is 17.9 Å². The summed E-state index contributed by atoms with van der Waals surface area (Å²) >= 11 is 0. The number of hydrogen-bond acceptors (Lipinski definition) is 6. The smallest absolute Gasteiger partial charge is 0.296 e. The average Bonchev–Trinajstić information content (AvgIpc) is 2.66. The minimum Gasteiger partial charge on any atom is -0.493 e. The van der Waals surface area contributed by atoms with Crippen LogP contribution in [0, 0.1) is 0 Å². The Morgan fingerprint density at radius 1 is 1.04 bits per heavy atom. The van der Waals surface area contributed by atoms with Crippen LogP contribution in [0.25, 0.3) is 10.9 Å². The summed E-state index contributed by atoms with van der Waals surface area (Å²) in [6, 6.07) is 12.6. The van der Waals surface area contributed by atoms with E-state index in [1.165, 1.54) is 0 Å². The molecule has 1 heterocycles. The lowest BCUT2D eigenvalue weighted by Crippen LogP contribution is -2.21. The molecule has 148 valence electrons. The van der Waals surface area contributed by atoms with Crippen LogP contribution >= 0.6 is 0 Å². The minimum atomic E-state index is -3.79. The van der Waals surface area contributed by atoms with Crippen LogP contribution in [0.3, 0.4) is 0 Å². The van der Waals surface area contributed by atoms with E-state index in [0.29, 0.717) is 17.2 Å².